The van der Waals surface area contributed by atoms with Crippen LogP contribution in [-0.4, -0.2) is 60.1 Å². The van der Waals surface area contributed by atoms with Crippen molar-refractivity contribution in [2.24, 2.45) is 5.10 Å². The van der Waals surface area contributed by atoms with Gasteiger partial charge in [-0.2, -0.15) is 9.78 Å². The Morgan fingerprint density at radius 1 is 1.11 bits per heavy atom. The molecule has 9 heteroatoms. The Morgan fingerprint density at radius 3 is 2.66 bits per heavy atom. The van der Waals surface area contributed by atoms with Gasteiger partial charge in [0.05, 0.1) is 11.9 Å². The predicted molar refractivity (Wildman–Crippen MR) is 137 cm³/mol. The van der Waals surface area contributed by atoms with E-state index in [1.54, 1.807) is 13.1 Å². The Labute approximate surface area is 204 Å². The smallest absolute Gasteiger partial charge is 0.276 e. The van der Waals surface area contributed by atoms with Gasteiger partial charge in [-0.1, -0.05) is 12.1 Å². The van der Waals surface area contributed by atoms with Crippen molar-refractivity contribution in [1.82, 2.24) is 20.0 Å². The third-order valence-corrected chi connectivity index (χ3v) is 6.71. The molecule has 5 rings (SSSR count). The van der Waals surface area contributed by atoms with Crippen LogP contribution >= 0.6 is 0 Å². The van der Waals surface area contributed by atoms with E-state index in [4.69, 9.17) is 4.98 Å². The number of halogens is 1. The Balaban J connectivity index is 1.43. The molecule has 4 heterocycles. The number of nitrogens with one attached hydrogen (secondary N) is 1. The zero-order chi connectivity index (χ0) is 24.2. The molecule has 0 radical (unpaired) electrons. The largest absolute Gasteiger partial charge is 0.369 e. The molecular weight excluding hydrogens is 445 g/mol. The summed E-state index contributed by atoms with van der Waals surface area (Å²) in [6.45, 7) is 7.28. The van der Waals surface area contributed by atoms with E-state index in [1.165, 1.54) is 34.3 Å². The van der Waals surface area contributed by atoms with Gasteiger partial charge in [-0.05, 0) is 43.5 Å². The van der Waals surface area contributed by atoms with E-state index < -0.39 is 5.82 Å². The molecule has 182 valence electrons. The Kier molecular flexibility index (Phi) is 6.85. The van der Waals surface area contributed by atoms with Crippen LogP contribution in [0.25, 0.3) is 11.3 Å². The van der Waals surface area contributed by atoms with E-state index in [1.807, 2.05) is 0 Å². The Morgan fingerprint density at radius 2 is 1.91 bits per heavy atom. The Bertz CT molecular complexity index is 1250. The summed E-state index contributed by atoms with van der Waals surface area (Å²) in [5, 5.41) is 7.65. The number of hydrogen-bond acceptors (Lipinski definition) is 7. The third kappa shape index (κ3) is 4.95. The highest BCUT2D eigenvalue weighted by Gasteiger charge is 2.26. The fourth-order valence-corrected chi connectivity index (χ4v) is 4.92. The first-order valence-corrected chi connectivity index (χ1v) is 12.2. The second-order valence-electron chi connectivity index (χ2n) is 8.93. The first-order chi connectivity index (χ1) is 17.1. The fraction of sp³-hybridized carbons (Fsp3) is 0.385. The van der Waals surface area contributed by atoms with Crippen LogP contribution in [0.4, 0.5) is 16.0 Å². The molecule has 1 unspecified atom stereocenters. The van der Waals surface area contributed by atoms with Crippen LogP contribution in [0, 0.1) is 5.82 Å². The lowest BCUT2D eigenvalue weighted by atomic mass is 9.90. The molecular formula is C26H30FN7O. The molecule has 1 aromatic carbocycles. The van der Waals surface area contributed by atoms with Crippen molar-refractivity contribution in [3.05, 3.63) is 70.5 Å². The average Bonchev–Trinajstić information content (AvgIpc) is 2.91. The summed E-state index contributed by atoms with van der Waals surface area (Å²) in [6.07, 6.45) is 6.21. The van der Waals surface area contributed by atoms with Gasteiger partial charge in [-0.3, -0.25) is 9.78 Å². The minimum Gasteiger partial charge on any atom is -0.369 e. The standard InChI is InChI=1S/C26H30FN7O/c1-2-30-34-25(35)16-24(22-9-10-29-17-23(22)27)31-26(34)33-13-3-4-20(18-33)19-5-7-21(8-6-19)32-14-11-28-12-15-32/h2,5-10,16-17,20,28H,3-4,11-15,18H2,1H3/b30-2-. The van der Waals surface area contributed by atoms with Gasteiger partial charge in [-0.15, -0.1) is 0 Å². The molecule has 35 heavy (non-hydrogen) atoms. The maximum Gasteiger partial charge on any atom is 0.276 e. The zero-order valence-corrected chi connectivity index (χ0v) is 19.9. The first-order valence-electron chi connectivity index (χ1n) is 12.2. The van der Waals surface area contributed by atoms with Crippen molar-refractivity contribution in [3.8, 4) is 11.3 Å². The van der Waals surface area contributed by atoms with Gasteiger partial charge in [0.15, 0.2) is 5.82 Å². The molecule has 0 aliphatic carbocycles. The maximum absolute atomic E-state index is 14.4. The summed E-state index contributed by atoms with van der Waals surface area (Å²) >= 11 is 0. The highest BCUT2D eigenvalue weighted by atomic mass is 19.1. The van der Waals surface area contributed by atoms with Gasteiger partial charge >= 0.3 is 0 Å². The quantitative estimate of drug-likeness (QED) is 0.572. The number of aromatic nitrogens is 3. The van der Waals surface area contributed by atoms with Crippen molar-refractivity contribution in [2.45, 2.75) is 25.7 Å². The number of anilines is 2. The van der Waals surface area contributed by atoms with Crippen LogP contribution in [0.15, 0.2) is 58.7 Å². The normalized spacial score (nSPS) is 18.9. The van der Waals surface area contributed by atoms with Crippen molar-refractivity contribution >= 4 is 17.9 Å². The fourth-order valence-electron chi connectivity index (χ4n) is 4.92. The number of rotatable bonds is 5. The number of hydrogen-bond donors (Lipinski definition) is 1. The molecule has 2 aromatic heterocycles. The van der Waals surface area contributed by atoms with Gasteiger partial charge in [0, 0.05) is 74.9 Å². The molecule has 8 nitrogen and oxygen atoms in total. The Hall–Kier alpha value is -3.59. The molecule has 2 aliphatic rings. The molecule has 2 saturated heterocycles. The molecule has 0 spiro atoms. The van der Waals surface area contributed by atoms with Crippen LogP contribution in [0.2, 0.25) is 0 Å². The van der Waals surface area contributed by atoms with E-state index in [9.17, 15) is 9.18 Å². The third-order valence-electron chi connectivity index (χ3n) is 6.71. The number of piperazine rings is 1. The van der Waals surface area contributed by atoms with Gasteiger partial charge in [0.2, 0.25) is 5.95 Å². The molecule has 3 aromatic rings. The molecule has 0 saturated carbocycles. The molecule has 0 amide bonds. The lowest BCUT2D eigenvalue weighted by Gasteiger charge is -2.34. The first kappa shape index (κ1) is 23.2. The van der Waals surface area contributed by atoms with Gasteiger partial charge < -0.3 is 15.1 Å². The summed E-state index contributed by atoms with van der Waals surface area (Å²) < 4.78 is 15.7. The monoisotopic (exact) mass is 475 g/mol. The van der Waals surface area contributed by atoms with E-state index >= 15 is 0 Å². The van der Waals surface area contributed by atoms with Crippen LogP contribution in [0.1, 0.15) is 31.2 Å². The summed E-state index contributed by atoms with van der Waals surface area (Å²) in [6, 6.07) is 11.7. The molecule has 2 aliphatic heterocycles. The SMILES string of the molecule is C/C=N\n1c(N2CCCC(c3ccc(N4CCNCC4)cc3)C2)nc(-c2ccncc2F)cc1=O. The van der Waals surface area contributed by atoms with E-state index in [-0.39, 0.29) is 16.8 Å². The summed E-state index contributed by atoms with van der Waals surface area (Å²) in [7, 11) is 0. The van der Waals surface area contributed by atoms with Gasteiger partial charge in [0.1, 0.15) is 0 Å². The topological polar surface area (TPSA) is 78.7 Å². The second kappa shape index (κ2) is 10.4. The van der Waals surface area contributed by atoms with Crippen LogP contribution < -0.4 is 20.7 Å². The molecule has 0 bridgehead atoms. The van der Waals surface area contributed by atoms with Crippen LogP contribution in [0.5, 0.6) is 0 Å². The van der Waals surface area contributed by atoms with Crippen molar-refractivity contribution < 1.29 is 4.39 Å². The van der Waals surface area contributed by atoms with Crippen molar-refractivity contribution in [1.29, 1.82) is 0 Å². The maximum atomic E-state index is 14.4. The number of piperidine rings is 1. The van der Waals surface area contributed by atoms with Crippen LogP contribution in [-0.2, 0) is 0 Å². The minimum atomic E-state index is -0.511. The molecule has 1 atom stereocenters. The second-order valence-corrected chi connectivity index (χ2v) is 8.93. The van der Waals surface area contributed by atoms with E-state index in [0.29, 0.717) is 18.4 Å². The number of pyridine rings is 1. The van der Waals surface area contributed by atoms with Crippen molar-refractivity contribution in [2.75, 3.05) is 49.1 Å². The number of benzene rings is 1. The molecule has 2 fully saturated rings. The predicted octanol–water partition coefficient (Wildman–Crippen LogP) is 3.09. The summed E-state index contributed by atoms with van der Waals surface area (Å²) in [5.41, 5.74) is 2.72. The average molecular weight is 476 g/mol. The number of nitrogens with zero attached hydrogens (tertiary/aromatic N) is 6. The summed E-state index contributed by atoms with van der Waals surface area (Å²) in [5.74, 6) is 0.227. The van der Waals surface area contributed by atoms with Gasteiger partial charge in [-0.25, -0.2) is 9.37 Å². The summed E-state index contributed by atoms with van der Waals surface area (Å²) in [4.78, 5) is 26.0. The highest BCUT2D eigenvalue weighted by Crippen LogP contribution is 2.31. The van der Waals surface area contributed by atoms with E-state index in [0.717, 1.165) is 51.8 Å². The van der Waals surface area contributed by atoms with E-state index in [2.05, 4.69) is 49.5 Å². The van der Waals surface area contributed by atoms with Gasteiger partial charge in [0.25, 0.3) is 5.56 Å². The minimum absolute atomic E-state index is 0.253. The lowest BCUT2D eigenvalue weighted by molar-refractivity contribution is 0.496. The zero-order valence-electron chi connectivity index (χ0n) is 19.9. The highest BCUT2D eigenvalue weighted by molar-refractivity contribution is 5.61. The van der Waals surface area contributed by atoms with Crippen molar-refractivity contribution in [3.63, 3.8) is 0 Å². The molecule has 1 N–H and O–H groups in total. The lowest BCUT2D eigenvalue weighted by Crippen LogP contribution is -2.43. The van der Waals surface area contributed by atoms with Crippen LogP contribution in [0.3, 0.4) is 0 Å².